The molecule has 1 heterocycles. The zero-order chi connectivity index (χ0) is 18.8. The van der Waals surface area contributed by atoms with Crippen molar-refractivity contribution in [2.24, 2.45) is 10.8 Å². The molecule has 26 heavy (non-hydrogen) atoms. The third-order valence-corrected chi connectivity index (χ3v) is 6.55. The maximum Gasteiger partial charge on any atom is 0.120 e. The average Bonchev–Trinajstić information content (AvgIpc) is 3.12. The Bertz CT molecular complexity index is 692. The lowest BCUT2D eigenvalue weighted by molar-refractivity contribution is -0.0660. The monoisotopic (exact) mass is 354 g/mol. The van der Waals surface area contributed by atoms with Crippen molar-refractivity contribution in [2.45, 2.75) is 65.6 Å². The minimum absolute atomic E-state index is 0.203. The Labute approximate surface area is 157 Å². The van der Waals surface area contributed by atoms with Crippen molar-refractivity contribution in [3.8, 4) is 6.07 Å². The third-order valence-electron chi connectivity index (χ3n) is 6.55. The van der Waals surface area contributed by atoms with Crippen LogP contribution in [0, 0.1) is 22.2 Å². The molecule has 1 aromatic carbocycles. The zero-order valence-corrected chi connectivity index (χ0v) is 16.4. The topological polar surface area (TPSA) is 27.0 Å². The normalized spacial score (nSPS) is 27.2. The molecule has 2 aliphatic rings. The SMILES string of the molecule is CC(C)(C)C1(CC#N)CCN(Cc2ccc(C3=CCCC3)cc2)CC1F. The number of alkyl halides is 1. The molecule has 0 bridgehead atoms. The summed E-state index contributed by atoms with van der Waals surface area (Å²) in [5.41, 5.74) is 3.30. The van der Waals surface area contributed by atoms with Gasteiger partial charge in [0, 0.05) is 24.9 Å². The van der Waals surface area contributed by atoms with E-state index in [1.807, 2.05) is 0 Å². The predicted molar refractivity (Wildman–Crippen MR) is 105 cm³/mol. The first-order valence-electron chi connectivity index (χ1n) is 9.87. The van der Waals surface area contributed by atoms with Gasteiger partial charge in [-0.2, -0.15) is 5.26 Å². The first-order valence-corrected chi connectivity index (χ1v) is 9.87. The van der Waals surface area contributed by atoms with Crippen LogP contribution in [-0.2, 0) is 6.54 Å². The fourth-order valence-electron chi connectivity index (χ4n) is 4.62. The summed E-state index contributed by atoms with van der Waals surface area (Å²) >= 11 is 0. The van der Waals surface area contributed by atoms with Crippen molar-refractivity contribution in [1.82, 2.24) is 4.90 Å². The molecule has 3 rings (SSSR count). The van der Waals surface area contributed by atoms with Crippen LogP contribution in [0.25, 0.3) is 5.57 Å². The highest BCUT2D eigenvalue weighted by molar-refractivity contribution is 5.67. The lowest BCUT2D eigenvalue weighted by atomic mass is 9.59. The standard InChI is InChI=1S/C23H31FN2/c1-22(2,3)23(12-14-25)13-15-26(17-21(23)24)16-18-8-10-20(11-9-18)19-6-4-5-7-19/h6,8-11,21H,4-5,7,12-13,15-17H2,1-3H3. The van der Waals surface area contributed by atoms with Gasteiger partial charge in [-0.15, -0.1) is 0 Å². The Morgan fingerprint density at radius 1 is 1.27 bits per heavy atom. The van der Waals surface area contributed by atoms with Gasteiger partial charge >= 0.3 is 0 Å². The summed E-state index contributed by atoms with van der Waals surface area (Å²) in [6.07, 6.45) is 6.07. The van der Waals surface area contributed by atoms with Crippen LogP contribution in [0.2, 0.25) is 0 Å². The fraction of sp³-hybridized carbons (Fsp3) is 0.609. The van der Waals surface area contributed by atoms with Crippen LogP contribution < -0.4 is 0 Å². The largest absolute Gasteiger partial charge is 0.296 e. The van der Waals surface area contributed by atoms with Crippen molar-refractivity contribution in [2.75, 3.05) is 13.1 Å². The molecule has 1 saturated heterocycles. The van der Waals surface area contributed by atoms with Crippen molar-refractivity contribution < 1.29 is 4.39 Å². The molecule has 1 aromatic rings. The number of halogens is 1. The minimum atomic E-state index is -0.959. The second-order valence-electron chi connectivity index (χ2n) is 9.01. The van der Waals surface area contributed by atoms with Crippen LogP contribution in [0.4, 0.5) is 4.39 Å². The van der Waals surface area contributed by atoms with Gasteiger partial charge in [0.25, 0.3) is 0 Å². The van der Waals surface area contributed by atoms with E-state index < -0.39 is 11.6 Å². The van der Waals surface area contributed by atoms with Gasteiger partial charge in [-0.1, -0.05) is 51.1 Å². The summed E-state index contributed by atoms with van der Waals surface area (Å²) in [5.74, 6) is 0. The van der Waals surface area contributed by atoms with Crippen LogP contribution in [0.15, 0.2) is 30.3 Å². The summed E-state index contributed by atoms with van der Waals surface area (Å²) in [6.45, 7) is 8.28. The zero-order valence-electron chi connectivity index (χ0n) is 16.4. The highest BCUT2D eigenvalue weighted by Crippen LogP contribution is 2.50. The van der Waals surface area contributed by atoms with Crippen molar-refractivity contribution >= 4 is 5.57 Å². The fourth-order valence-corrected chi connectivity index (χ4v) is 4.62. The molecule has 0 radical (unpaired) electrons. The molecule has 2 unspecified atom stereocenters. The summed E-state index contributed by atoms with van der Waals surface area (Å²) in [4.78, 5) is 2.20. The van der Waals surface area contributed by atoms with Crippen molar-refractivity contribution in [3.05, 3.63) is 41.5 Å². The van der Waals surface area contributed by atoms with Gasteiger partial charge < -0.3 is 0 Å². The highest BCUT2D eigenvalue weighted by atomic mass is 19.1. The van der Waals surface area contributed by atoms with E-state index in [9.17, 15) is 5.26 Å². The maximum atomic E-state index is 15.2. The van der Waals surface area contributed by atoms with Gasteiger partial charge in [0.1, 0.15) is 6.17 Å². The number of hydrogen-bond donors (Lipinski definition) is 0. The lowest BCUT2D eigenvalue weighted by Gasteiger charge is -2.51. The molecule has 0 aromatic heterocycles. The Kier molecular flexibility index (Phi) is 5.53. The van der Waals surface area contributed by atoms with Crippen LogP contribution in [0.1, 0.15) is 64.0 Å². The van der Waals surface area contributed by atoms with Gasteiger partial charge in [-0.05, 0) is 54.3 Å². The van der Waals surface area contributed by atoms with E-state index in [0.717, 1.165) is 19.5 Å². The molecule has 1 aliphatic heterocycles. The van der Waals surface area contributed by atoms with Gasteiger partial charge in [0.15, 0.2) is 0 Å². The molecule has 2 atom stereocenters. The number of likely N-dealkylation sites (tertiary alicyclic amines) is 1. The molecule has 3 heteroatoms. The van der Waals surface area contributed by atoms with Crippen LogP contribution in [-0.4, -0.2) is 24.2 Å². The molecule has 0 saturated carbocycles. The summed E-state index contributed by atoms with van der Waals surface area (Å²) in [7, 11) is 0. The molecule has 140 valence electrons. The Balaban J connectivity index is 1.65. The maximum absolute atomic E-state index is 15.2. The second-order valence-corrected chi connectivity index (χ2v) is 9.01. The van der Waals surface area contributed by atoms with E-state index in [0.29, 0.717) is 13.0 Å². The molecule has 0 amide bonds. The number of piperidine rings is 1. The average molecular weight is 355 g/mol. The van der Waals surface area contributed by atoms with E-state index in [1.165, 1.54) is 36.0 Å². The second kappa shape index (κ2) is 7.53. The van der Waals surface area contributed by atoms with Gasteiger partial charge in [0.2, 0.25) is 0 Å². The Hall–Kier alpha value is -1.66. The van der Waals surface area contributed by atoms with E-state index in [-0.39, 0.29) is 5.41 Å². The number of benzene rings is 1. The number of allylic oxidation sites excluding steroid dienone is 2. The summed E-state index contributed by atoms with van der Waals surface area (Å²) in [5, 5.41) is 9.25. The summed E-state index contributed by atoms with van der Waals surface area (Å²) < 4.78 is 15.2. The van der Waals surface area contributed by atoms with E-state index >= 15 is 4.39 Å². The molecule has 1 fully saturated rings. The molecular weight excluding hydrogens is 323 g/mol. The molecule has 1 aliphatic carbocycles. The Morgan fingerprint density at radius 3 is 2.54 bits per heavy atom. The Morgan fingerprint density at radius 2 is 2.00 bits per heavy atom. The number of nitriles is 1. The van der Waals surface area contributed by atoms with E-state index in [4.69, 9.17) is 0 Å². The smallest absolute Gasteiger partial charge is 0.120 e. The van der Waals surface area contributed by atoms with Crippen LogP contribution >= 0.6 is 0 Å². The first-order chi connectivity index (χ1) is 12.4. The van der Waals surface area contributed by atoms with Crippen molar-refractivity contribution in [3.63, 3.8) is 0 Å². The molecule has 0 spiro atoms. The molecule has 2 nitrogen and oxygen atoms in total. The highest BCUT2D eigenvalue weighted by Gasteiger charge is 2.51. The first kappa shape index (κ1) is 19.1. The van der Waals surface area contributed by atoms with Crippen LogP contribution in [0.5, 0.6) is 0 Å². The van der Waals surface area contributed by atoms with Gasteiger partial charge in [0.05, 0.1) is 6.07 Å². The van der Waals surface area contributed by atoms with Gasteiger partial charge in [-0.25, -0.2) is 4.39 Å². The molecular formula is C23H31FN2. The number of rotatable bonds is 4. The minimum Gasteiger partial charge on any atom is -0.296 e. The van der Waals surface area contributed by atoms with E-state index in [1.54, 1.807) is 0 Å². The summed E-state index contributed by atoms with van der Waals surface area (Å²) in [6, 6.07) is 11.0. The van der Waals surface area contributed by atoms with Crippen LogP contribution in [0.3, 0.4) is 0 Å². The number of nitrogens with zero attached hydrogens (tertiary/aromatic N) is 2. The predicted octanol–water partition coefficient (Wildman–Crippen LogP) is 5.74. The lowest BCUT2D eigenvalue weighted by Crippen LogP contribution is -2.54. The van der Waals surface area contributed by atoms with Crippen molar-refractivity contribution in [1.29, 1.82) is 5.26 Å². The third kappa shape index (κ3) is 3.71. The quantitative estimate of drug-likeness (QED) is 0.689. The molecule has 0 N–H and O–H groups in total. The number of hydrogen-bond acceptors (Lipinski definition) is 2. The van der Waals surface area contributed by atoms with E-state index in [2.05, 4.69) is 62.1 Å². The van der Waals surface area contributed by atoms with Gasteiger partial charge in [-0.3, -0.25) is 4.90 Å².